The summed E-state index contributed by atoms with van der Waals surface area (Å²) < 4.78 is 44.0. The average molecular weight is 315 g/mol. The summed E-state index contributed by atoms with van der Waals surface area (Å²) in [5.41, 5.74) is -0.916. The van der Waals surface area contributed by atoms with Gasteiger partial charge in [-0.2, -0.15) is 14.0 Å². The van der Waals surface area contributed by atoms with Crippen LogP contribution < -0.4 is 0 Å². The monoisotopic (exact) mass is 315 g/mol. The van der Waals surface area contributed by atoms with Gasteiger partial charge in [-0.05, 0) is 12.1 Å². The second-order valence-electron chi connectivity index (χ2n) is 4.22. The maximum absolute atomic E-state index is 13.3. The molecule has 112 valence electrons. The van der Waals surface area contributed by atoms with Gasteiger partial charge in [0.05, 0.1) is 29.0 Å². The van der Waals surface area contributed by atoms with Crippen LogP contribution in [0.2, 0.25) is 0 Å². The fraction of sp³-hybridized carbons (Fsp3) is 0.364. The van der Waals surface area contributed by atoms with Crippen molar-refractivity contribution in [2.45, 2.75) is 11.0 Å². The Kier molecular flexibility index (Phi) is 4.17. The molecule has 0 spiro atoms. The molecular formula is C11H10FN3O5S. The van der Waals surface area contributed by atoms with Gasteiger partial charge in [-0.3, -0.25) is 10.1 Å². The molecule has 8 nitrogen and oxygen atoms in total. The lowest BCUT2D eigenvalue weighted by Gasteiger charge is -2.28. The Morgan fingerprint density at radius 2 is 2.24 bits per heavy atom. The lowest BCUT2D eigenvalue weighted by molar-refractivity contribution is -0.387. The smallest absolute Gasteiger partial charge is 0.306 e. The molecule has 0 aromatic heterocycles. The van der Waals surface area contributed by atoms with Crippen molar-refractivity contribution in [3.63, 3.8) is 0 Å². The maximum Gasteiger partial charge on any atom is 0.306 e. The van der Waals surface area contributed by atoms with E-state index in [1.165, 1.54) is 0 Å². The van der Waals surface area contributed by atoms with Crippen LogP contribution in [0.25, 0.3) is 0 Å². The molecule has 0 radical (unpaired) electrons. The van der Waals surface area contributed by atoms with Crippen molar-refractivity contribution in [1.82, 2.24) is 4.31 Å². The first-order valence-corrected chi connectivity index (χ1v) is 7.25. The quantitative estimate of drug-likeness (QED) is 0.597. The van der Waals surface area contributed by atoms with Crippen LogP contribution >= 0.6 is 0 Å². The fourth-order valence-electron chi connectivity index (χ4n) is 1.86. The zero-order valence-corrected chi connectivity index (χ0v) is 11.4. The number of nitriles is 1. The van der Waals surface area contributed by atoms with E-state index in [9.17, 15) is 22.9 Å². The van der Waals surface area contributed by atoms with Gasteiger partial charge < -0.3 is 4.74 Å². The highest BCUT2D eigenvalue weighted by Gasteiger charge is 2.32. The Labute approximate surface area is 119 Å². The summed E-state index contributed by atoms with van der Waals surface area (Å²) in [6, 6.07) is 4.15. The summed E-state index contributed by atoms with van der Waals surface area (Å²) in [5.74, 6) is -1.11. The average Bonchev–Trinajstić information content (AvgIpc) is 2.47. The molecule has 1 atom stereocenters. The minimum absolute atomic E-state index is 0.0195. The third kappa shape index (κ3) is 2.99. The molecule has 1 unspecified atom stereocenters. The molecule has 1 aliphatic rings. The van der Waals surface area contributed by atoms with E-state index in [2.05, 4.69) is 0 Å². The minimum atomic E-state index is -4.05. The standard InChI is InChI=1S/C11H10FN3O5S/c12-10-2-1-9(5-11(10)15(16)17)21(18,19)14-3-4-20-8(6-13)7-14/h1-2,5,8H,3-4,7H2. The van der Waals surface area contributed by atoms with Crippen LogP contribution in [0.5, 0.6) is 0 Å². The third-order valence-corrected chi connectivity index (χ3v) is 4.79. The Bertz CT molecular complexity index is 715. The molecule has 1 saturated heterocycles. The SMILES string of the molecule is N#CC1CN(S(=O)(=O)c2ccc(F)c([N+](=O)[O-])c2)CCO1. The van der Waals surface area contributed by atoms with Crippen LogP contribution in [0.3, 0.4) is 0 Å². The van der Waals surface area contributed by atoms with Gasteiger partial charge in [0, 0.05) is 12.6 Å². The highest BCUT2D eigenvalue weighted by atomic mass is 32.2. The molecule has 1 aromatic carbocycles. The van der Waals surface area contributed by atoms with Gasteiger partial charge in [0.15, 0.2) is 6.10 Å². The first-order valence-electron chi connectivity index (χ1n) is 5.81. The molecular weight excluding hydrogens is 305 g/mol. The molecule has 0 saturated carbocycles. The molecule has 0 N–H and O–H groups in total. The zero-order chi connectivity index (χ0) is 15.6. The van der Waals surface area contributed by atoms with E-state index in [0.717, 1.165) is 16.4 Å². The summed E-state index contributed by atoms with van der Waals surface area (Å²) >= 11 is 0. The number of morpholine rings is 1. The summed E-state index contributed by atoms with van der Waals surface area (Å²) in [6.07, 6.45) is -0.899. The van der Waals surface area contributed by atoms with Gasteiger partial charge in [-0.25, -0.2) is 8.42 Å². The molecule has 0 amide bonds. The zero-order valence-electron chi connectivity index (χ0n) is 10.6. The van der Waals surface area contributed by atoms with Crippen LogP contribution in [0.15, 0.2) is 23.1 Å². The Morgan fingerprint density at radius 3 is 2.86 bits per heavy atom. The van der Waals surface area contributed by atoms with Gasteiger partial charge in [-0.1, -0.05) is 0 Å². The Morgan fingerprint density at radius 1 is 1.52 bits per heavy atom. The van der Waals surface area contributed by atoms with Gasteiger partial charge in [0.1, 0.15) is 0 Å². The molecule has 1 heterocycles. The van der Waals surface area contributed by atoms with Crippen molar-refractivity contribution in [3.8, 4) is 6.07 Å². The molecule has 1 aromatic rings. The highest BCUT2D eigenvalue weighted by Crippen LogP contribution is 2.25. The van der Waals surface area contributed by atoms with Crippen molar-refractivity contribution >= 4 is 15.7 Å². The summed E-state index contributed by atoms with van der Waals surface area (Å²) in [7, 11) is -4.05. The lowest BCUT2D eigenvalue weighted by Crippen LogP contribution is -2.45. The topological polar surface area (TPSA) is 114 Å². The number of nitrogens with zero attached hydrogens (tertiary/aromatic N) is 3. The van der Waals surface area contributed by atoms with Crippen molar-refractivity contribution < 1.29 is 22.5 Å². The number of rotatable bonds is 3. The number of nitro groups is 1. The lowest BCUT2D eigenvalue weighted by atomic mass is 10.3. The van der Waals surface area contributed by atoms with Gasteiger partial charge in [-0.15, -0.1) is 0 Å². The van der Waals surface area contributed by atoms with Gasteiger partial charge >= 0.3 is 5.69 Å². The second-order valence-corrected chi connectivity index (χ2v) is 6.16. The minimum Gasteiger partial charge on any atom is -0.361 e. The molecule has 1 fully saturated rings. The first-order chi connectivity index (χ1) is 9.86. The Hall–Kier alpha value is -2.09. The van der Waals surface area contributed by atoms with Crippen LogP contribution in [0.4, 0.5) is 10.1 Å². The number of hydrogen-bond acceptors (Lipinski definition) is 6. The molecule has 21 heavy (non-hydrogen) atoms. The van der Waals surface area contributed by atoms with E-state index in [0.29, 0.717) is 6.07 Å². The fourth-order valence-corrected chi connectivity index (χ4v) is 3.31. The number of nitro benzene ring substituents is 1. The van der Waals surface area contributed by atoms with Crippen LogP contribution in [0.1, 0.15) is 0 Å². The maximum atomic E-state index is 13.3. The number of halogens is 1. The van der Waals surface area contributed by atoms with Gasteiger partial charge in [0.2, 0.25) is 15.8 Å². The van der Waals surface area contributed by atoms with Crippen molar-refractivity contribution in [2.24, 2.45) is 0 Å². The van der Waals surface area contributed by atoms with E-state index in [1.807, 2.05) is 0 Å². The predicted octanol–water partition coefficient (Wildman–Crippen LogP) is 0.647. The van der Waals surface area contributed by atoms with Crippen LogP contribution in [0, 0.1) is 27.3 Å². The summed E-state index contributed by atoms with van der Waals surface area (Å²) in [5, 5.41) is 19.4. The highest BCUT2D eigenvalue weighted by molar-refractivity contribution is 7.89. The molecule has 0 aliphatic carbocycles. The predicted molar refractivity (Wildman–Crippen MR) is 67.2 cm³/mol. The second kappa shape index (κ2) is 5.72. The Balaban J connectivity index is 2.38. The third-order valence-electron chi connectivity index (χ3n) is 2.93. The number of hydrogen-bond donors (Lipinski definition) is 0. The van der Waals surface area contributed by atoms with Crippen LogP contribution in [-0.4, -0.2) is 43.4 Å². The summed E-state index contributed by atoms with van der Waals surface area (Å²) in [4.78, 5) is 9.28. The van der Waals surface area contributed by atoms with Crippen molar-refractivity contribution in [3.05, 3.63) is 34.1 Å². The van der Waals surface area contributed by atoms with E-state index in [4.69, 9.17) is 10.00 Å². The summed E-state index contributed by atoms with van der Waals surface area (Å²) in [6.45, 7) is -0.115. The molecule has 10 heteroatoms. The number of sulfonamides is 1. The van der Waals surface area contributed by atoms with E-state index in [1.54, 1.807) is 6.07 Å². The number of benzene rings is 1. The van der Waals surface area contributed by atoms with Crippen molar-refractivity contribution in [1.29, 1.82) is 5.26 Å². The molecule has 2 rings (SSSR count). The first kappa shape index (κ1) is 15.3. The van der Waals surface area contributed by atoms with E-state index >= 15 is 0 Å². The van der Waals surface area contributed by atoms with Crippen LogP contribution in [-0.2, 0) is 14.8 Å². The van der Waals surface area contributed by atoms with Gasteiger partial charge in [0.25, 0.3) is 0 Å². The van der Waals surface area contributed by atoms with E-state index in [-0.39, 0.29) is 19.7 Å². The number of ether oxygens (including phenoxy) is 1. The largest absolute Gasteiger partial charge is 0.361 e. The molecule has 0 bridgehead atoms. The normalized spacial score (nSPS) is 19.9. The van der Waals surface area contributed by atoms with Crippen molar-refractivity contribution in [2.75, 3.05) is 19.7 Å². The molecule has 1 aliphatic heterocycles. The van der Waals surface area contributed by atoms with E-state index < -0.39 is 37.5 Å².